The van der Waals surface area contributed by atoms with Crippen LogP contribution in [0.15, 0.2) is 55.0 Å². The number of benzene rings is 2. The average molecular weight is 376 g/mol. The second-order valence-corrected chi connectivity index (χ2v) is 6.52. The zero-order valence-electron chi connectivity index (χ0n) is 13.9. The maximum Gasteiger partial charge on any atom is 0.138 e. The standard InChI is InChI=1S/C20H11ClFN5/c21-14-6-8-18-20(9-14)27-15(11-24-25-27)10-19-17(23-12-26(18)19)7-5-13-3-1-2-4-16(13)22/h1-4,6,8-9,11-12H,10H2. The molecule has 0 spiro atoms. The molecule has 130 valence electrons. The summed E-state index contributed by atoms with van der Waals surface area (Å²) in [6.45, 7) is 0. The van der Waals surface area contributed by atoms with E-state index in [2.05, 4.69) is 27.1 Å². The Morgan fingerprint density at radius 1 is 1.07 bits per heavy atom. The lowest BCUT2D eigenvalue weighted by molar-refractivity contribution is 0.624. The highest BCUT2D eigenvalue weighted by atomic mass is 35.5. The van der Waals surface area contributed by atoms with Crippen molar-refractivity contribution >= 4 is 11.6 Å². The number of nitrogens with zero attached hydrogens (tertiary/aromatic N) is 5. The lowest BCUT2D eigenvalue weighted by Gasteiger charge is -2.09. The van der Waals surface area contributed by atoms with E-state index in [1.807, 2.05) is 22.8 Å². The van der Waals surface area contributed by atoms with Gasteiger partial charge in [0.15, 0.2) is 0 Å². The lowest BCUT2D eigenvalue weighted by atomic mass is 10.1. The summed E-state index contributed by atoms with van der Waals surface area (Å²) in [4.78, 5) is 4.45. The Labute approximate surface area is 159 Å². The van der Waals surface area contributed by atoms with Crippen LogP contribution in [0.1, 0.15) is 22.6 Å². The van der Waals surface area contributed by atoms with Crippen LogP contribution in [0.2, 0.25) is 5.02 Å². The number of aromatic nitrogens is 5. The maximum atomic E-state index is 13.9. The van der Waals surface area contributed by atoms with Crippen molar-refractivity contribution in [3.8, 4) is 23.2 Å². The van der Waals surface area contributed by atoms with Crippen molar-refractivity contribution in [2.45, 2.75) is 6.42 Å². The summed E-state index contributed by atoms with van der Waals surface area (Å²) in [5.41, 5.74) is 4.42. The van der Waals surface area contributed by atoms with Crippen LogP contribution in [-0.2, 0) is 6.42 Å². The molecule has 0 fully saturated rings. The molecule has 4 aromatic rings. The Hall–Kier alpha value is -3.43. The summed E-state index contributed by atoms with van der Waals surface area (Å²) in [7, 11) is 0. The van der Waals surface area contributed by atoms with Gasteiger partial charge in [-0.25, -0.2) is 14.1 Å². The molecule has 5 nitrogen and oxygen atoms in total. The number of hydrogen-bond acceptors (Lipinski definition) is 3. The van der Waals surface area contributed by atoms with Crippen molar-refractivity contribution in [3.05, 3.63) is 88.5 Å². The second-order valence-electron chi connectivity index (χ2n) is 6.09. The molecule has 0 amide bonds. The van der Waals surface area contributed by atoms with Crippen LogP contribution in [0.25, 0.3) is 11.4 Å². The molecule has 0 atom stereocenters. The Bertz CT molecular complexity index is 1240. The average Bonchev–Trinajstić information content (AvgIpc) is 3.26. The fraction of sp³-hybridized carbons (Fsp3) is 0.0500. The summed E-state index contributed by atoms with van der Waals surface area (Å²) in [5.74, 6) is 5.53. The molecule has 7 heteroatoms. The Balaban J connectivity index is 1.69. The van der Waals surface area contributed by atoms with Crippen LogP contribution in [0, 0.1) is 17.7 Å². The molecular formula is C20H11ClFN5. The van der Waals surface area contributed by atoms with Gasteiger partial charge < -0.3 is 0 Å². The third-order valence-electron chi connectivity index (χ3n) is 4.45. The smallest absolute Gasteiger partial charge is 0.138 e. The van der Waals surface area contributed by atoms with Crippen LogP contribution >= 0.6 is 11.6 Å². The van der Waals surface area contributed by atoms with Gasteiger partial charge in [0.05, 0.1) is 34.5 Å². The molecule has 0 saturated carbocycles. The van der Waals surface area contributed by atoms with Crippen molar-refractivity contribution in [2.24, 2.45) is 0 Å². The number of fused-ring (bicyclic) bond motifs is 5. The van der Waals surface area contributed by atoms with Gasteiger partial charge in [-0.1, -0.05) is 34.9 Å². The van der Waals surface area contributed by atoms with E-state index in [0.29, 0.717) is 22.7 Å². The number of imidazole rings is 1. The van der Waals surface area contributed by atoms with E-state index < -0.39 is 0 Å². The molecule has 0 aliphatic carbocycles. The summed E-state index contributed by atoms with van der Waals surface area (Å²) in [6.07, 6.45) is 3.97. The first-order valence-corrected chi connectivity index (χ1v) is 8.61. The fourth-order valence-corrected chi connectivity index (χ4v) is 3.33. The predicted molar refractivity (Wildman–Crippen MR) is 98.7 cm³/mol. The molecule has 2 aromatic heterocycles. The monoisotopic (exact) mass is 375 g/mol. The zero-order valence-corrected chi connectivity index (χ0v) is 14.7. The van der Waals surface area contributed by atoms with Gasteiger partial charge in [-0.2, -0.15) is 0 Å². The van der Waals surface area contributed by atoms with Crippen molar-refractivity contribution in [3.63, 3.8) is 0 Å². The Morgan fingerprint density at radius 3 is 2.85 bits per heavy atom. The summed E-state index contributed by atoms with van der Waals surface area (Å²) < 4.78 is 17.6. The lowest BCUT2D eigenvalue weighted by Crippen LogP contribution is -2.03. The van der Waals surface area contributed by atoms with Crippen LogP contribution in [0.5, 0.6) is 0 Å². The van der Waals surface area contributed by atoms with Crippen LogP contribution in [-0.4, -0.2) is 24.5 Å². The summed E-state index contributed by atoms with van der Waals surface area (Å²) in [6, 6.07) is 12.0. The van der Waals surface area contributed by atoms with E-state index in [4.69, 9.17) is 11.6 Å². The highest BCUT2D eigenvalue weighted by Crippen LogP contribution is 2.30. The SMILES string of the molecule is Fc1ccccc1C#Cc1ncn2c1Cc1cnnn1-c1cc(Cl)ccc1-2. The van der Waals surface area contributed by atoms with E-state index >= 15 is 0 Å². The van der Waals surface area contributed by atoms with Crippen molar-refractivity contribution in [1.82, 2.24) is 24.5 Å². The van der Waals surface area contributed by atoms with Crippen molar-refractivity contribution < 1.29 is 4.39 Å². The van der Waals surface area contributed by atoms with Gasteiger partial charge in [0.1, 0.15) is 17.8 Å². The molecule has 1 aliphatic heterocycles. The molecule has 3 heterocycles. The van der Waals surface area contributed by atoms with E-state index in [9.17, 15) is 4.39 Å². The van der Waals surface area contributed by atoms with Gasteiger partial charge in [0.25, 0.3) is 0 Å². The molecule has 0 bridgehead atoms. The Kier molecular flexibility index (Phi) is 3.56. The van der Waals surface area contributed by atoms with E-state index in [0.717, 1.165) is 22.8 Å². The summed E-state index contributed by atoms with van der Waals surface area (Å²) in [5, 5.41) is 8.82. The van der Waals surface area contributed by atoms with E-state index in [-0.39, 0.29) is 5.82 Å². The molecule has 0 unspecified atom stereocenters. The molecule has 27 heavy (non-hydrogen) atoms. The highest BCUT2D eigenvalue weighted by molar-refractivity contribution is 6.30. The molecule has 0 saturated heterocycles. The van der Waals surface area contributed by atoms with E-state index in [1.54, 1.807) is 35.4 Å². The normalized spacial score (nSPS) is 11.6. The topological polar surface area (TPSA) is 48.5 Å². The largest absolute Gasteiger partial charge is 0.299 e. The van der Waals surface area contributed by atoms with Crippen LogP contribution in [0.3, 0.4) is 0 Å². The molecule has 2 aromatic carbocycles. The van der Waals surface area contributed by atoms with Gasteiger partial charge in [-0.15, -0.1) is 5.10 Å². The van der Waals surface area contributed by atoms with E-state index in [1.165, 1.54) is 6.07 Å². The minimum atomic E-state index is -0.349. The summed E-state index contributed by atoms with van der Waals surface area (Å²) >= 11 is 6.18. The van der Waals surface area contributed by atoms with Gasteiger partial charge in [0.2, 0.25) is 0 Å². The van der Waals surface area contributed by atoms with Gasteiger partial charge in [-0.05, 0) is 36.3 Å². The second kappa shape index (κ2) is 6.08. The quantitative estimate of drug-likeness (QED) is 0.389. The molecule has 0 radical (unpaired) electrons. The molecular weight excluding hydrogens is 365 g/mol. The minimum absolute atomic E-state index is 0.340. The third-order valence-corrected chi connectivity index (χ3v) is 4.68. The number of halogens is 2. The van der Waals surface area contributed by atoms with Crippen molar-refractivity contribution in [2.75, 3.05) is 0 Å². The minimum Gasteiger partial charge on any atom is -0.299 e. The zero-order chi connectivity index (χ0) is 18.4. The van der Waals surface area contributed by atoms with Crippen LogP contribution in [0.4, 0.5) is 4.39 Å². The molecule has 1 aliphatic rings. The third kappa shape index (κ3) is 2.60. The number of hydrogen-bond donors (Lipinski definition) is 0. The first-order valence-electron chi connectivity index (χ1n) is 8.23. The fourth-order valence-electron chi connectivity index (χ4n) is 3.16. The first kappa shape index (κ1) is 15.8. The van der Waals surface area contributed by atoms with Gasteiger partial charge in [-0.3, -0.25) is 4.57 Å². The van der Waals surface area contributed by atoms with Crippen molar-refractivity contribution in [1.29, 1.82) is 0 Å². The predicted octanol–water partition coefficient (Wildman–Crippen LogP) is 3.55. The Morgan fingerprint density at radius 2 is 1.96 bits per heavy atom. The molecule has 5 rings (SSSR count). The van der Waals surface area contributed by atoms with Gasteiger partial charge >= 0.3 is 0 Å². The maximum absolute atomic E-state index is 13.9. The van der Waals surface area contributed by atoms with Crippen LogP contribution < -0.4 is 0 Å². The highest BCUT2D eigenvalue weighted by Gasteiger charge is 2.22. The van der Waals surface area contributed by atoms with Gasteiger partial charge in [0, 0.05) is 11.4 Å². The molecule has 0 N–H and O–H groups in total. The first-order chi connectivity index (χ1) is 13.2. The number of rotatable bonds is 0.